The lowest BCUT2D eigenvalue weighted by molar-refractivity contribution is 0.0271. The molecule has 0 bridgehead atoms. The van der Waals surface area contributed by atoms with Crippen molar-refractivity contribution < 1.29 is 9.13 Å². The minimum absolute atomic E-state index is 0.0471. The van der Waals surface area contributed by atoms with Crippen LogP contribution >= 0.6 is 0 Å². The van der Waals surface area contributed by atoms with Gasteiger partial charge in [-0.2, -0.15) is 0 Å². The maximum absolute atomic E-state index is 13.6. The van der Waals surface area contributed by atoms with Gasteiger partial charge in [-0.05, 0) is 38.8 Å². The molecule has 1 aliphatic carbocycles. The van der Waals surface area contributed by atoms with Crippen molar-refractivity contribution in [2.45, 2.75) is 57.6 Å². The van der Waals surface area contributed by atoms with Crippen LogP contribution in [0.2, 0.25) is 0 Å². The summed E-state index contributed by atoms with van der Waals surface area (Å²) in [5.74, 6) is -0.133. The Morgan fingerprint density at radius 2 is 2.00 bits per heavy atom. The highest BCUT2D eigenvalue weighted by Gasteiger charge is 2.13. The average molecular weight is 279 g/mol. The topological polar surface area (TPSA) is 21.3 Å². The van der Waals surface area contributed by atoms with Crippen LogP contribution in [-0.4, -0.2) is 19.3 Å². The molecule has 2 rings (SSSR count). The summed E-state index contributed by atoms with van der Waals surface area (Å²) in [5, 5.41) is 3.36. The molecule has 2 nitrogen and oxygen atoms in total. The third-order valence-electron chi connectivity index (χ3n) is 4.05. The summed E-state index contributed by atoms with van der Waals surface area (Å²) in [7, 11) is 0. The van der Waals surface area contributed by atoms with E-state index in [4.69, 9.17) is 4.74 Å². The fourth-order valence-corrected chi connectivity index (χ4v) is 2.81. The van der Waals surface area contributed by atoms with E-state index in [2.05, 4.69) is 5.32 Å². The quantitative estimate of drug-likeness (QED) is 0.755. The number of ether oxygens (including phenoxy) is 1. The summed E-state index contributed by atoms with van der Waals surface area (Å²) < 4.78 is 19.5. The van der Waals surface area contributed by atoms with Gasteiger partial charge in [0, 0.05) is 18.2 Å². The van der Waals surface area contributed by atoms with Crippen LogP contribution in [0.5, 0.6) is 0 Å². The highest BCUT2D eigenvalue weighted by Crippen LogP contribution is 2.20. The molecule has 0 saturated heterocycles. The van der Waals surface area contributed by atoms with E-state index in [1.165, 1.54) is 38.2 Å². The SMILES string of the molecule is CC(NCCCOC1CCCCC1)c1ccccc1F. The molecular weight excluding hydrogens is 253 g/mol. The van der Waals surface area contributed by atoms with Crippen molar-refractivity contribution in [1.82, 2.24) is 5.32 Å². The van der Waals surface area contributed by atoms with Gasteiger partial charge in [-0.3, -0.25) is 0 Å². The Labute approximate surface area is 121 Å². The zero-order chi connectivity index (χ0) is 14.2. The van der Waals surface area contributed by atoms with Gasteiger partial charge in [0.05, 0.1) is 6.10 Å². The van der Waals surface area contributed by atoms with Crippen molar-refractivity contribution in [2.75, 3.05) is 13.2 Å². The van der Waals surface area contributed by atoms with Crippen LogP contribution in [0.1, 0.15) is 57.1 Å². The molecule has 1 aliphatic rings. The van der Waals surface area contributed by atoms with Gasteiger partial charge in [0.2, 0.25) is 0 Å². The molecule has 1 unspecified atom stereocenters. The maximum atomic E-state index is 13.6. The predicted octanol–water partition coefficient (Wildman–Crippen LogP) is 4.22. The summed E-state index contributed by atoms with van der Waals surface area (Å²) in [6, 6.07) is 7.00. The summed E-state index contributed by atoms with van der Waals surface area (Å²) >= 11 is 0. The molecule has 1 N–H and O–H groups in total. The highest BCUT2D eigenvalue weighted by molar-refractivity contribution is 5.20. The third-order valence-corrected chi connectivity index (χ3v) is 4.05. The molecular formula is C17H26FNO. The van der Waals surface area contributed by atoms with Crippen molar-refractivity contribution in [2.24, 2.45) is 0 Å². The number of nitrogens with one attached hydrogen (secondary N) is 1. The van der Waals surface area contributed by atoms with E-state index in [1.54, 1.807) is 6.07 Å². The molecule has 0 spiro atoms. The van der Waals surface area contributed by atoms with E-state index in [-0.39, 0.29) is 11.9 Å². The normalized spacial score (nSPS) is 18.1. The lowest BCUT2D eigenvalue weighted by atomic mass is 9.98. The number of hydrogen-bond acceptors (Lipinski definition) is 2. The molecule has 0 radical (unpaired) electrons. The molecule has 20 heavy (non-hydrogen) atoms. The van der Waals surface area contributed by atoms with E-state index < -0.39 is 0 Å². The second kappa shape index (κ2) is 8.38. The first kappa shape index (κ1) is 15.5. The van der Waals surface area contributed by atoms with Gasteiger partial charge in [-0.15, -0.1) is 0 Å². The minimum atomic E-state index is -0.133. The number of halogens is 1. The van der Waals surface area contributed by atoms with Crippen molar-refractivity contribution in [3.63, 3.8) is 0 Å². The van der Waals surface area contributed by atoms with Crippen LogP contribution in [0.3, 0.4) is 0 Å². The summed E-state index contributed by atoms with van der Waals surface area (Å²) in [4.78, 5) is 0. The Balaban J connectivity index is 1.60. The second-order valence-corrected chi connectivity index (χ2v) is 5.68. The van der Waals surface area contributed by atoms with Crippen LogP contribution in [0.25, 0.3) is 0 Å². The zero-order valence-corrected chi connectivity index (χ0v) is 12.4. The largest absolute Gasteiger partial charge is 0.378 e. The Morgan fingerprint density at radius 3 is 2.75 bits per heavy atom. The first-order valence-corrected chi connectivity index (χ1v) is 7.87. The lowest BCUT2D eigenvalue weighted by Crippen LogP contribution is -2.23. The van der Waals surface area contributed by atoms with E-state index in [0.717, 1.165) is 25.1 Å². The van der Waals surface area contributed by atoms with Crippen LogP contribution in [-0.2, 0) is 4.74 Å². The average Bonchev–Trinajstić information content (AvgIpc) is 2.48. The Morgan fingerprint density at radius 1 is 1.25 bits per heavy atom. The van der Waals surface area contributed by atoms with Crippen LogP contribution < -0.4 is 5.32 Å². The standard InChI is InChI=1S/C17H26FNO/c1-14(16-10-5-6-11-17(16)18)19-12-7-13-20-15-8-3-2-4-9-15/h5-6,10-11,14-15,19H,2-4,7-9,12-13H2,1H3. The predicted molar refractivity (Wildman–Crippen MR) is 80.3 cm³/mol. The van der Waals surface area contributed by atoms with Gasteiger partial charge in [0.25, 0.3) is 0 Å². The number of hydrogen-bond donors (Lipinski definition) is 1. The zero-order valence-electron chi connectivity index (χ0n) is 12.4. The van der Waals surface area contributed by atoms with Gasteiger partial charge < -0.3 is 10.1 Å². The van der Waals surface area contributed by atoms with Crippen LogP contribution in [0.15, 0.2) is 24.3 Å². The summed E-state index contributed by atoms with van der Waals surface area (Å²) in [5.41, 5.74) is 0.737. The molecule has 0 aliphatic heterocycles. The molecule has 0 amide bonds. The van der Waals surface area contributed by atoms with Gasteiger partial charge >= 0.3 is 0 Å². The van der Waals surface area contributed by atoms with E-state index in [0.29, 0.717) is 6.10 Å². The molecule has 0 heterocycles. The smallest absolute Gasteiger partial charge is 0.127 e. The van der Waals surface area contributed by atoms with Crippen molar-refractivity contribution >= 4 is 0 Å². The molecule has 1 saturated carbocycles. The summed E-state index contributed by atoms with van der Waals surface area (Å²) in [6.07, 6.45) is 7.89. The van der Waals surface area contributed by atoms with E-state index in [1.807, 2.05) is 19.1 Å². The lowest BCUT2D eigenvalue weighted by Gasteiger charge is -2.22. The third kappa shape index (κ3) is 4.88. The second-order valence-electron chi connectivity index (χ2n) is 5.68. The van der Waals surface area contributed by atoms with Crippen LogP contribution in [0.4, 0.5) is 4.39 Å². The number of rotatable bonds is 7. The Kier molecular flexibility index (Phi) is 6.48. The molecule has 1 atom stereocenters. The molecule has 3 heteroatoms. The maximum Gasteiger partial charge on any atom is 0.127 e. The van der Waals surface area contributed by atoms with Gasteiger partial charge in [0.15, 0.2) is 0 Å². The van der Waals surface area contributed by atoms with Crippen LogP contribution in [0, 0.1) is 5.82 Å². The monoisotopic (exact) mass is 279 g/mol. The summed E-state index contributed by atoms with van der Waals surface area (Å²) in [6.45, 7) is 3.67. The first-order valence-electron chi connectivity index (χ1n) is 7.87. The Hall–Kier alpha value is -0.930. The van der Waals surface area contributed by atoms with Gasteiger partial charge in [0.1, 0.15) is 5.82 Å². The molecule has 1 fully saturated rings. The number of benzene rings is 1. The van der Waals surface area contributed by atoms with Crippen molar-refractivity contribution in [1.29, 1.82) is 0 Å². The van der Waals surface area contributed by atoms with Gasteiger partial charge in [-0.1, -0.05) is 37.5 Å². The van der Waals surface area contributed by atoms with E-state index in [9.17, 15) is 4.39 Å². The van der Waals surface area contributed by atoms with Crippen molar-refractivity contribution in [3.05, 3.63) is 35.6 Å². The van der Waals surface area contributed by atoms with Gasteiger partial charge in [-0.25, -0.2) is 4.39 Å². The highest BCUT2D eigenvalue weighted by atomic mass is 19.1. The van der Waals surface area contributed by atoms with Crippen molar-refractivity contribution in [3.8, 4) is 0 Å². The molecule has 1 aromatic carbocycles. The fraction of sp³-hybridized carbons (Fsp3) is 0.647. The molecule has 112 valence electrons. The Bertz CT molecular complexity index is 390. The first-order chi connectivity index (χ1) is 9.77. The van der Waals surface area contributed by atoms with E-state index >= 15 is 0 Å². The minimum Gasteiger partial charge on any atom is -0.378 e. The molecule has 1 aromatic rings. The molecule has 0 aromatic heterocycles. The fourth-order valence-electron chi connectivity index (χ4n) is 2.81.